The Morgan fingerprint density at radius 1 is 1.38 bits per heavy atom. The number of hydrogen-bond donors (Lipinski definition) is 1. The second-order valence-electron chi connectivity index (χ2n) is 6.71. The predicted octanol–water partition coefficient (Wildman–Crippen LogP) is 1.13. The number of guanidine groups is 1. The number of carbonyl (C=O) groups excluding carboxylic acids is 1. The van der Waals surface area contributed by atoms with E-state index in [1.807, 2.05) is 18.7 Å². The zero-order valence-electron chi connectivity index (χ0n) is 15.3. The largest absolute Gasteiger partial charge is 0.469 e. The molecule has 1 aliphatic heterocycles. The van der Waals surface area contributed by atoms with Gasteiger partial charge in [-0.3, -0.25) is 9.79 Å². The van der Waals surface area contributed by atoms with Gasteiger partial charge in [-0.25, -0.2) is 8.42 Å². The number of esters is 1. The van der Waals surface area contributed by atoms with Gasteiger partial charge in [0.15, 0.2) is 15.8 Å². The number of nitrogens with one attached hydrogen (secondary N) is 1. The number of likely N-dealkylation sites (tertiary alicyclic amines) is 1. The molecule has 24 heavy (non-hydrogen) atoms. The molecule has 2 atom stereocenters. The molecule has 9 heteroatoms. The van der Waals surface area contributed by atoms with Crippen molar-refractivity contribution < 1.29 is 17.9 Å². The second kappa shape index (κ2) is 9.21. The molecule has 2 unspecified atom stereocenters. The maximum absolute atomic E-state index is 11.8. The van der Waals surface area contributed by atoms with Crippen LogP contribution in [0.4, 0.5) is 0 Å². The van der Waals surface area contributed by atoms with Crippen LogP contribution in [0, 0.1) is 11.8 Å². The third kappa shape index (κ3) is 5.75. The molecule has 0 saturated carbocycles. The van der Waals surface area contributed by atoms with Gasteiger partial charge in [0.25, 0.3) is 0 Å². The van der Waals surface area contributed by atoms with Gasteiger partial charge in [0.1, 0.15) is 0 Å². The molecule has 1 heterocycles. The van der Waals surface area contributed by atoms with Crippen molar-refractivity contribution in [3.05, 3.63) is 0 Å². The van der Waals surface area contributed by atoms with Crippen LogP contribution < -0.4 is 5.32 Å². The molecule has 0 aromatic carbocycles. The van der Waals surface area contributed by atoms with Crippen molar-refractivity contribution in [2.45, 2.75) is 32.4 Å². The highest BCUT2D eigenvalue weighted by molar-refractivity contribution is 14.0. The van der Waals surface area contributed by atoms with Gasteiger partial charge in [-0.1, -0.05) is 6.92 Å². The first-order valence-corrected chi connectivity index (χ1v) is 9.73. The number of rotatable bonds is 5. The molecule has 1 rings (SSSR count). The van der Waals surface area contributed by atoms with E-state index in [1.165, 1.54) is 13.4 Å². The molecule has 0 bridgehead atoms. The van der Waals surface area contributed by atoms with Crippen LogP contribution in [-0.2, 0) is 19.4 Å². The molecule has 0 radical (unpaired) electrons. The summed E-state index contributed by atoms with van der Waals surface area (Å²) in [5, 5.41) is 3.18. The fourth-order valence-corrected chi connectivity index (χ4v) is 2.71. The van der Waals surface area contributed by atoms with E-state index in [0.717, 1.165) is 0 Å². The summed E-state index contributed by atoms with van der Waals surface area (Å²) in [6.45, 7) is 9.34. The number of carbonyl (C=O) groups is 1. The summed E-state index contributed by atoms with van der Waals surface area (Å²) in [5.41, 5.74) is 0. The van der Waals surface area contributed by atoms with E-state index in [9.17, 15) is 13.2 Å². The van der Waals surface area contributed by atoms with E-state index >= 15 is 0 Å². The summed E-state index contributed by atoms with van der Waals surface area (Å²) in [7, 11) is -1.81. The summed E-state index contributed by atoms with van der Waals surface area (Å²) in [5.74, 6) is 0.399. The molecule has 142 valence electrons. The van der Waals surface area contributed by atoms with Crippen LogP contribution in [0.15, 0.2) is 4.99 Å². The normalized spacial score (nSPS) is 22.1. The molecular formula is C15H30IN3O4S. The lowest BCUT2D eigenvalue weighted by Crippen LogP contribution is -2.42. The topological polar surface area (TPSA) is 88.1 Å². The summed E-state index contributed by atoms with van der Waals surface area (Å²) in [6.07, 6.45) is 1.22. The minimum atomic E-state index is -3.20. The van der Waals surface area contributed by atoms with Crippen LogP contribution in [0.2, 0.25) is 0 Å². The van der Waals surface area contributed by atoms with Gasteiger partial charge >= 0.3 is 5.97 Å². The minimum absolute atomic E-state index is 0. The molecular weight excluding hydrogens is 445 g/mol. The highest BCUT2D eigenvalue weighted by Gasteiger charge is 2.37. The van der Waals surface area contributed by atoms with Gasteiger partial charge in [-0.2, -0.15) is 0 Å². The number of methoxy groups -OCH3 is 1. The van der Waals surface area contributed by atoms with Gasteiger partial charge in [-0.15, -0.1) is 24.0 Å². The van der Waals surface area contributed by atoms with E-state index in [-0.39, 0.29) is 48.3 Å². The molecule has 0 aliphatic carbocycles. The summed E-state index contributed by atoms with van der Waals surface area (Å²) < 4.78 is 27.5. The maximum Gasteiger partial charge on any atom is 0.310 e. The van der Waals surface area contributed by atoms with Gasteiger partial charge in [0, 0.05) is 25.9 Å². The number of ether oxygens (including phenoxy) is 1. The monoisotopic (exact) mass is 475 g/mol. The lowest BCUT2D eigenvalue weighted by atomic mass is 9.99. The number of hydrogen-bond acceptors (Lipinski definition) is 5. The third-order valence-corrected chi connectivity index (χ3v) is 6.50. The first-order valence-electron chi connectivity index (χ1n) is 7.84. The van der Waals surface area contributed by atoms with E-state index in [1.54, 1.807) is 13.8 Å². The van der Waals surface area contributed by atoms with Gasteiger partial charge in [0.05, 0.1) is 24.3 Å². The first-order chi connectivity index (χ1) is 10.5. The van der Waals surface area contributed by atoms with Crippen LogP contribution in [-0.4, -0.2) is 69.5 Å². The van der Waals surface area contributed by atoms with Crippen molar-refractivity contribution in [1.82, 2.24) is 10.2 Å². The predicted molar refractivity (Wildman–Crippen MR) is 107 cm³/mol. The number of aliphatic imine (C=N–C) groups is 1. The molecule has 0 aromatic heterocycles. The van der Waals surface area contributed by atoms with Crippen molar-refractivity contribution >= 4 is 45.7 Å². The first kappa shape index (κ1) is 23.4. The van der Waals surface area contributed by atoms with Crippen molar-refractivity contribution in [3.63, 3.8) is 0 Å². The summed E-state index contributed by atoms with van der Waals surface area (Å²) in [4.78, 5) is 18.3. The molecule has 1 fully saturated rings. The smallest absolute Gasteiger partial charge is 0.310 e. The zero-order chi connectivity index (χ0) is 17.8. The average Bonchev–Trinajstić information content (AvgIpc) is 2.83. The van der Waals surface area contributed by atoms with Crippen LogP contribution in [0.25, 0.3) is 0 Å². The molecule has 0 spiro atoms. The Hall–Kier alpha value is -0.580. The highest BCUT2D eigenvalue weighted by Crippen LogP contribution is 2.24. The van der Waals surface area contributed by atoms with Crippen molar-refractivity contribution in [1.29, 1.82) is 0 Å². The molecule has 7 nitrogen and oxygen atoms in total. The highest BCUT2D eigenvalue weighted by atomic mass is 127. The van der Waals surface area contributed by atoms with Crippen LogP contribution in [0.5, 0.6) is 0 Å². The van der Waals surface area contributed by atoms with Crippen molar-refractivity contribution in [3.8, 4) is 0 Å². The van der Waals surface area contributed by atoms with Crippen molar-refractivity contribution in [2.24, 2.45) is 16.8 Å². The second-order valence-corrected chi connectivity index (χ2v) is 9.36. The molecule has 0 aromatic rings. The fourth-order valence-electron chi connectivity index (χ4n) is 2.41. The van der Waals surface area contributed by atoms with Crippen LogP contribution in [0.1, 0.15) is 27.7 Å². The Morgan fingerprint density at radius 3 is 2.42 bits per heavy atom. The van der Waals surface area contributed by atoms with Crippen molar-refractivity contribution in [2.75, 3.05) is 39.5 Å². The molecule has 1 aliphatic rings. The SMILES string of the molecule is CCNC(=NCC(C)(C)S(C)(=O)=O)N1CC(C)C(C(=O)OC)C1.I. The number of sulfone groups is 1. The Labute approximate surface area is 162 Å². The average molecular weight is 475 g/mol. The minimum Gasteiger partial charge on any atom is -0.469 e. The van der Waals surface area contributed by atoms with E-state index in [4.69, 9.17) is 4.74 Å². The quantitative estimate of drug-likeness (QED) is 0.278. The Bertz CT molecular complexity index is 563. The standard InChI is InChI=1S/C15H29N3O4S.HI/c1-7-16-14(17-10-15(3,4)23(6,20)21)18-8-11(2)12(9-18)13(19)22-5;/h11-12H,7-10H2,1-6H3,(H,16,17);1H. The van der Waals surface area contributed by atoms with Crippen LogP contribution >= 0.6 is 24.0 Å². The molecule has 0 amide bonds. The molecule has 1 saturated heterocycles. The lowest BCUT2D eigenvalue weighted by molar-refractivity contribution is -0.145. The maximum atomic E-state index is 11.8. The number of halogens is 1. The van der Waals surface area contributed by atoms with E-state index < -0.39 is 14.6 Å². The molecule has 1 N–H and O–H groups in total. The van der Waals surface area contributed by atoms with Crippen LogP contribution in [0.3, 0.4) is 0 Å². The third-order valence-electron chi connectivity index (χ3n) is 4.36. The lowest BCUT2D eigenvalue weighted by Gasteiger charge is -2.24. The zero-order valence-corrected chi connectivity index (χ0v) is 18.5. The van der Waals surface area contributed by atoms with Gasteiger partial charge in [0.2, 0.25) is 0 Å². The fraction of sp³-hybridized carbons (Fsp3) is 0.867. The Morgan fingerprint density at radius 2 is 1.96 bits per heavy atom. The Balaban J connectivity index is 0.00000529. The Kier molecular flexibility index (Phi) is 8.99. The summed E-state index contributed by atoms with van der Waals surface area (Å²) >= 11 is 0. The van der Waals surface area contributed by atoms with E-state index in [0.29, 0.717) is 25.6 Å². The van der Waals surface area contributed by atoms with E-state index in [2.05, 4.69) is 10.3 Å². The van der Waals surface area contributed by atoms with Gasteiger partial charge < -0.3 is 15.0 Å². The van der Waals surface area contributed by atoms with Gasteiger partial charge in [-0.05, 0) is 26.7 Å². The summed E-state index contributed by atoms with van der Waals surface area (Å²) in [6, 6.07) is 0. The number of nitrogens with zero attached hydrogens (tertiary/aromatic N) is 2.